The molecule has 0 aromatic carbocycles. The second-order valence-corrected chi connectivity index (χ2v) is 3.82. The Kier molecular flexibility index (Phi) is 5.64. The number of nitrogens with one attached hydrogen (secondary N) is 2. The van der Waals surface area contributed by atoms with Crippen molar-refractivity contribution in [2.24, 2.45) is 0 Å². The summed E-state index contributed by atoms with van der Waals surface area (Å²) < 4.78 is 5.23. The number of unbranched alkanes of at least 4 members (excludes halogenated alkanes) is 1. The summed E-state index contributed by atoms with van der Waals surface area (Å²) in [4.78, 5) is 11.4. The second-order valence-electron chi connectivity index (χ2n) is 3.82. The predicted molar refractivity (Wildman–Crippen MR) is 63.0 cm³/mol. The lowest BCUT2D eigenvalue weighted by Crippen LogP contribution is -2.35. The maximum atomic E-state index is 11.4. The van der Waals surface area contributed by atoms with Gasteiger partial charge in [-0.15, -0.1) is 0 Å². The average Bonchev–Trinajstić information content (AvgIpc) is 2.79. The summed E-state index contributed by atoms with van der Waals surface area (Å²) in [5, 5.41) is 5.96. The maximum Gasteiger partial charge on any atom is 0.233 e. The lowest BCUT2D eigenvalue weighted by molar-refractivity contribution is -0.120. The van der Waals surface area contributed by atoms with Gasteiger partial charge in [-0.25, -0.2) is 0 Å². The molecule has 0 saturated carbocycles. The molecular formula is C12H20N2O2. The highest BCUT2D eigenvalue weighted by molar-refractivity contribution is 5.77. The zero-order valence-electron chi connectivity index (χ0n) is 9.95. The number of carbonyl (C=O) groups is 1. The summed E-state index contributed by atoms with van der Waals surface area (Å²) >= 11 is 0. The molecule has 4 heteroatoms. The van der Waals surface area contributed by atoms with Crippen molar-refractivity contribution in [3.8, 4) is 0 Å². The van der Waals surface area contributed by atoms with Crippen LogP contribution in [0.2, 0.25) is 0 Å². The highest BCUT2D eigenvalue weighted by Gasteiger charge is 2.08. The van der Waals surface area contributed by atoms with Crippen LogP contribution in [0, 0.1) is 0 Å². The first-order chi connectivity index (χ1) is 7.74. The molecule has 1 aromatic heterocycles. The van der Waals surface area contributed by atoms with Crippen LogP contribution in [0.15, 0.2) is 22.8 Å². The van der Waals surface area contributed by atoms with Gasteiger partial charge in [-0.05, 0) is 25.5 Å². The van der Waals surface area contributed by atoms with Gasteiger partial charge >= 0.3 is 0 Å². The fourth-order valence-electron chi connectivity index (χ4n) is 1.35. The normalized spacial score (nSPS) is 12.4. The van der Waals surface area contributed by atoms with Gasteiger partial charge in [0, 0.05) is 6.54 Å². The second kappa shape index (κ2) is 7.06. The third-order valence-electron chi connectivity index (χ3n) is 2.39. The Morgan fingerprint density at radius 1 is 1.56 bits per heavy atom. The van der Waals surface area contributed by atoms with E-state index in [0.29, 0.717) is 6.54 Å². The molecular weight excluding hydrogens is 204 g/mol. The molecule has 4 nitrogen and oxygen atoms in total. The van der Waals surface area contributed by atoms with Crippen LogP contribution in [0.4, 0.5) is 0 Å². The molecule has 0 saturated heterocycles. The SMILES string of the molecule is CCCCNC(=O)CN[C@@H](C)c1ccco1. The Hall–Kier alpha value is -1.29. The molecule has 0 fully saturated rings. The van der Waals surface area contributed by atoms with E-state index < -0.39 is 0 Å². The first kappa shape index (κ1) is 12.8. The third kappa shape index (κ3) is 4.49. The number of furan rings is 1. The van der Waals surface area contributed by atoms with E-state index in [1.165, 1.54) is 0 Å². The molecule has 0 radical (unpaired) electrons. The smallest absolute Gasteiger partial charge is 0.233 e. The van der Waals surface area contributed by atoms with E-state index in [1.807, 2.05) is 19.1 Å². The van der Waals surface area contributed by atoms with Crippen molar-refractivity contribution in [1.29, 1.82) is 0 Å². The number of amides is 1. The van der Waals surface area contributed by atoms with E-state index in [0.717, 1.165) is 25.1 Å². The number of rotatable bonds is 7. The fourth-order valence-corrected chi connectivity index (χ4v) is 1.35. The molecule has 16 heavy (non-hydrogen) atoms. The lowest BCUT2D eigenvalue weighted by atomic mass is 10.2. The molecule has 0 aliphatic carbocycles. The van der Waals surface area contributed by atoms with E-state index in [4.69, 9.17) is 4.42 Å². The van der Waals surface area contributed by atoms with E-state index >= 15 is 0 Å². The molecule has 1 heterocycles. The van der Waals surface area contributed by atoms with Gasteiger partial charge in [-0.1, -0.05) is 13.3 Å². The molecule has 1 amide bonds. The Bertz CT molecular complexity index is 296. The molecule has 0 spiro atoms. The van der Waals surface area contributed by atoms with Crippen LogP contribution in [-0.4, -0.2) is 19.0 Å². The monoisotopic (exact) mass is 224 g/mol. The zero-order chi connectivity index (χ0) is 11.8. The van der Waals surface area contributed by atoms with Gasteiger partial charge in [-0.3, -0.25) is 10.1 Å². The third-order valence-corrected chi connectivity index (χ3v) is 2.39. The molecule has 0 aliphatic rings. The molecule has 2 N–H and O–H groups in total. The molecule has 1 aromatic rings. The number of carbonyl (C=O) groups excluding carboxylic acids is 1. The van der Waals surface area contributed by atoms with Crippen molar-refractivity contribution < 1.29 is 9.21 Å². The molecule has 1 atom stereocenters. The molecule has 0 unspecified atom stereocenters. The number of hydrogen-bond donors (Lipinski definition) is 2. The van der Waals surface area contributed by atoms with Gasteiger partial charge in [0.05, 0.1) is 18.8 Å². The Morgan fingerprint density at radius 2 is 2.38 bits per heavy atom. The van der Waals surface area contributed by atoms with Crippen molar-refractivity contribution in [1.82, 2.24) is 10.6 Å². The van der Waals surface area contributed by atoms with Gasteiger partial charge in [0.15, 0.2) is 0 Å². The summed E-state index contributed by atoms with van der Waals surface area (Å²) in [7, 11) is 0. The topological polar surface area (TPSA) is 54.3 Å². The maximum absolute atomic E-state index is 11.4. The summed E-state index contributed by atoms with van der Waals surface area (Å²) in [5.41, 5.74) is 0. The van der Waals surface area contributed by atoms with Crippen LogP contribution in [-0.2, 0) is 4.79 Å². The Balaban J connectivity index is 2.16. The van der Waals surface area contributed by atoms with Crippen molar-refractivity contribution in [3.63, 3.8) is 0 Å². The van der Waals surface area contributed by atoms with Crippen LogP contribution in [0.5, 0.6) is 0 Å². The first-order valence-electron chi connectivity index (χ1n) is 5.77. The van der Waals surface area contributed by atoms with E-state index in [9.17, 15) is 4.79 Å². The van der Waals surface area contributed by atoms with Gasteiger partial charge in [0.2, 0.25) is 5.91 Å². The molecule has 0 bridgehead atoms. The molecule has 0 aliphatic heterocycles. The van der Waals surface area contributed by atoms with Crippen molar-refractivity contribution in [3.05, 3.63) is 24.2 Å². The molecule has 90 valence electrons. The van der Waals surface area contributed by atoms with Gasteiger partial charge in [0.25, 0.3) is 0 Å². The minimum atomic E-state index is 0.0341. The Morgan fingerprint density at radius 3 is 3.00 bits per heavy atom. The summed E-state index contributed by atoms with van der Waals surface area (Å²) in [6.45, 7) is 5.15. The van der Waals surface area contributed by atoms with Crippen molar-refractivity contribution >= 4 is 5.91 Å². The van der Waals surface area contributed by atoms with Crippen LogP contribution >= 0.6 is 0 Å². The highest BCUT2D eigenvalue weighted by atomic mass is 16.3. The van der Waals surface area contributed by atoms with Crippen LogP contribution in [0.25, 0.3) is 0 Å². The van der Waals surface area contributed by atoms with E-state index in [2.05, 4.69) is 17.6 Å². The largest absolute Gasteiger partial charge is 0.468 e. The zero-order valence-corrected chi connectivity index (χ0v) is 9.95. The van der Waals surface area contributed by atoms with Crippen LogP contribution in [0.1, 0.15) is 38.5 Å². The standard InChI is InChI=1S/C12H20N2O2/c1-3-4-7-13-12(15)9-14-10(2)11-6-5-8-16-11/h5-6,8,10,14H,3-4,7,9H2,1-2H3,(H,13,15)/t10-/m0/s1. The lowest BCUT2D eigenvalue weighted by Gasteiger charge is -2.11. The summed E-state index contributed by atoms with van der Waals surface area (Å²) in [5.74, 6) is 0.883. The van der Waals surface area contributed by atoms with E-state index in [1.54, 1.807) is 6.26 Å². The number of hydrogen-bond acceptors (Lipinski definition) is 3. The first-order valence-corrected chi connectivity index (χ1v) is 5.77. The summed E-state index contributed by atoms with van der Waals surface area (Å²) in [6.07, 6.45) is 3.75. The highest BCUT2D eigenvalue weighted by Crippen LogP contribution is 2.11. The average molecular weight is 224 g/mol. The minimum Gasteiger partial charge on any atom is -0.468 e. The Labute approximate surface area is 96.4 Å². The van der Waals surface area contributed by atoms with Crippen LogP contribution < -0.4 is 10.6 Å². The minimum absolute atomic E-state index is 0.0341. The summed E-state index contributed by atoms with van der Waals surface area (Å²) in [6, 6.07) is 3.80. The van der Waals surface area contributed by atoms with Crippen molar-refractivity contribution in [2.75, 3.05) is 13.1 Å². The quantitative estimate of drug-likeness (QED) is 0.695. The van der Waals surface area contributed by atoms with Gasteiger partial charge in [-0.2, -0.15) is 0 Å². The van der Waals surface area contributed by atoms with Crippen molar-refractivity contribution in [2.45, 2.75) is 32.7 Å². The van der Waals surface area contributed by atoms with Crippen LogP contribution in [0.3, 0.4) is 0 Å². The van der Waals surface area contributed by atoms with Gasteiger partial charge in [0.1, 0.15) is 5.76 Å². The predicted octanol–water partition coefficient (Wildman–Crippen LogP) is 1.85. The molecule has 1 rings (SSSR count). The van der Waals surface area contributed by atoms with E-state index in [-0.39, 0.29) is 11.9 Å². The fraction of sp³-hybridized carbons (Fsp3) is 0.583. The van der Waals surface area contributed by atoms with Gasteiger partial charge < -0.3 is 9.73 Å².